The second-order valence-corrected chi connectivity index (χ2v) is 3.17. The number of rotatable bonds is 2. The standard InChI is InChI=1S/C11H15NO2/c1-7-5-9(13)11(8(2)12-3)10(6-7)14-4/h5-6,13H,1-4H3. The molecule has 76 valence electrons. The molecule has 3 nitrogen and oxygen atoms in total. The number of nitrogens with zero attached hydrogens (tertiary/aromatic N) is 1. The smallest absolute Gasteiger partial charge is 0.131 e. The van der Waals surface area contributed by atoms with E-state index in [1.807, 2.05) is 19.9 Å². The van der Waals surface area contributed by atoms with Crippen molar-refractivity contribution in [1.82, 2.24) is 0 Å². The summed E-state index contributed by atoms with van der Waals surface area (Å²) in [5.41, 5.74) is 2.40. The van der Waals surface area contributed by atoms with E-state index >= 15 is 0 Å². The van der Waals surface area contributed by atoms with Crippen molar-refractivity contribution in [2.75, 3.05) is 14.2 Å². The van der Waals surface area contributed by atoms with E-state index < -0.39 is 0 Å². The zero-order chi connectivity index (χ0) is 10.7. The molecule has 0 aromatic heterocycles. The van der Waals surface area contributed by atoms with Gasteiger partial charge in [-0.3, -0.25) is 4.99 Å². The lowest BCUT2D eigenvalue weighted by Gasteiger charge is -2.10. The molecule has 14 heavy (non-hydrogen) atoms. The molecule has 0 atom stereocenters. The van der Waals surface area contributed by atoms with E-state index in [2.05, 4.69) is 4.99 Å². The molecule has 0 spiro atoms. The molecule has 1 aromatic rings. The maximum absolute atomic E-state index is 9.74. The van der Waals surface area contributed by atoms with Crippen molar-refractivity contribution in [2.24, 2.45) is 4.99 Å². The SMILES string of the molecule is CN=C(C)c1c(O)cc(C)cc1OC. The Morgan fingerprint density at radius 1 is 1.43 bits per heavy atom. The summed E-state index contributed by atoms with van der Waals surface area (Å²) >= 11 is 0. The molecule has 0 heterocycles. The van der Waals surface area contributed by atoms with Crippen molar-refractivity contribution in [3.8, 4) is 11.5 Å². The minimum Gasteiger partial charge on any atom is -0.507 e. The van der Waals surface area contributed by atoms with Crippen LogP contribution in [0.2, 0.25) is 0 Å². The van der Waals surface area contributed by atoms with Crippen molar-refractivity contribution >= 4 is 5.71 Å². The molecule has 0 aliphatic carbocycles. The van der Waals surface area contributed by atoms with Gasteiger partial charge in [-0.1, -0.05) is 0 Å². The monoisotopic (exact) mass is 193 g/mol. The van der Waals surface area contributed by atoms with Crippen LogP contribution in [0.4, 0.5) is 0 Å². The highest BCUT2D eigenvalue weighted by molar-refractivity contribution is 6.03. The average Bonchev–Trinajstić information content (AvgIpc) is 2.15. The summed E-state index contributed by atoms with van der Waals surface area (Å²) in [5, 5.41) is 9.74. The van der Waals surface area contributed by atoms with E-state index in [0.29, 0.717) is 11.3 Å². The topological polar surface area (TPSA) is 41.8 Å². The number of benzene rings is 1. The second kappa shape index (κ2) is 4.13. The molecule has 0 fully saturated rings. The summed E-state index contributed by atoms with van der Waals surface area (Å²) in [7, 11) is 3.27. The van der Waals surface area contributed by atoms with Gasteiger partial charge in [0.15, 0.2) is 0 Å². The summed E-state index contributed by atoms with van der Waals surface area (Å²) in [4.78, 5) is 4.03. The molecule has 1 N–H and O–H groups in total. The third kappa shape index (κ3) is 1.87. The summed E-state index contributed by atoms with van der Waals surface area (Å²) in [6.45, 7) is 3.75. The molecule has 0 aliphatic heterocycles. The normalized spacial score (nSPS) is 11.6. The lowest BCUT2D eigenvalue weighted by Crippen LogP contribution is -2.00. The second-order valence-electron chi connectivity index (χ2n) is 3.17. The Labute approximate surface area is 84.1 Å². The fraction of sp³-hybridized carbons (Fsp3) is 0.364. The van der Waals surface area contributed by atoms with E-state index in [4.69, 9.17) is 4.74 Å². The average molecular weight is 193 g/mol. The number of phenols is 1. The number of hydrogen-bond acceptors (Lipinski definition) is 3. The van der Waals surface area contributed by atoms with Crippen LogP contribution in [0.15, 0.2) is 17.1 Å². The molecular formula is C11H15NO2. The highest BCUT2D eigenvalue weighted by Crippen LogP contribution is 2.29. The molecular weight excluding hydrogens is 178 g/mol. The summed E-state index contributed by atoms with van der Waals surface area (Å²) < 4.78 is 5.19. The van der Waals surface area contributed by atoms with Crippen molar-refractivity contribution in [1.29, 1.82) is 0 Å². The molecule has 3 heteroatoms. The predicted molar refractivity (Wildman–Crippen MR) is 57.5 cm³/mol. The van der Waals surface area contributed by atoms with Crippen LogP contribution in [0, 0.1) is 6.92 Å². The number of phenolic OH excluding ortho intramolecular Hbond substituents is 1. The first kappa shape index (κ1) is 10.6. The van der Waals surface area contributed by atoms with Gasteiger partial charge in [0.05, 0.1) is 12.7 Å². The van der Waals surface area contributed by atoms with Crippen LogP contribution >= 0.6 is 0 Å². The Morgan fingerprint density at radius 2 is 2.07 bits per heavy atom. The first-order valence-electron chi connectivity index (χ1n) is 4.41. The third-order valence-electron chi connectivity index (χ3n) is 2.14. The van der Waals surface area contributed by atoms with Crippen molar-refractivity contribution in [2.45, 2.75) is 13.8 Å². The van der Waals surface area contributed by atoms with Gasteiger partial charge in [-0.15, -0.1) is 0 Å². The zero-order valence-corrected chi connectivity index (χ0v) is 8.96. The minimum absolute atomic E-state index is 0.213. The molecule has 0 saturated carbocycles. The fourth-order valence-corrected chi connectivity index (χ4v) is 1.37. The first-order chi connectivity index (χ1) is 6.60. The van der Waals surface area contributed by atoms with Gasteiger partial charge >= 0.3 is 0 Å². The molecule has 0 saturated heterocycles. The maximum atomic E-state index is 9.74. The number of hydrogen-bond donors (Lipinski definition) is 1. The van der Waals surface area contributed by atoms with Gasteiger partial charge in [-0.25, -0.2) is 0 Å². The van der Waals surface area contributed by atoms with E-state index in [0.717, 1.165) is 11.3 Å². The Balaban J connectivity index is 3.40. The van der Waals surface area contributed by atoms with Gasteiger partial charge in [0.25, 0.3) is 0 Å². The Hall–Kier alpha value is -1.51. The number of aliphatic imine (C=N–C) groups is 1. The Morgan fingerprint density at radius 3 is 2.57 bits per heavy atom. The lowest BCUT2D eigenvalue weighted by molar-refractivity contribution is 0.406. The summed E-state index contributed by atoms with van der Waals surface area (Å²) in [6, 6.07) is 3.58. The molecule has 0 amide bonds. The highest BCUT2D eigenvalue weighted by Gasteiger charge is 2.11. The van der Waals surface area contributed by atoms with Crippen LogP contribution in [0.5, 0.6) is 11.5 Å². The quantitative estimate of drug-likeness (QED) is 0.731. The number of methoxy groups -OCH3 is 1. The van der Waals surface area contributed by atoms with Gasteiger partial charge in [0.1, 0.15) is 11.5 Å². The van der Waals surface area contributed by atoms with Gasteiger partial charge in [0, 0.05) is 12.8 Å². The molecule has 1 aromatic carbocycles. The lowest BCUT2D eigenvalue weighted by atomic mass is 10.1. The van der Waals surface area contributed by atoms with Gasteiger partial charge in [0.2, 0.25) is 0 Å². The van der Waals surface area contributed by atoms with Crippen molar-refractivity contribution < 1.29 is 9.84 Å². The molecule has 0 aliphatic rings. The number of aromatic hydroxyl groups is 1. The molecule has 0 bridgehead atoms. The van der Waals surface area contributed by atoms with Crippen LogP contribution in [-0.2, 0) is 0 Å². The molecule has 0 radical (unpaired) electrons. The van der Waals surface area contributed by atoms with E-state index in [1.54, 1.807) is 20.2 Å². The van der Waals surface area contributed by atoms with Crippen molar-refractivity contribution in [3.05, 3.63) is 23.3 Å². The minimum atomic E-state index is 0.213. The van der Waals surface area contributed by atoms with E-state index in [9.17, 15) is 5.11 Å². The van der Waals surface area contributed by atoms with Crippen LogP contribution in [0.3, 0.4) is 0 Å². The van der Waals surface area contributed by atoms with Gasteiger partial charge in [-0.05, 0) is 31.5 Å². The molecule has 1 rings (SSSR count). The first-order valence-corrected chi connectivity index (χ1v) is 4.41. The van der Waals surface area contributed by atoms with Crippen molar-refractivity contribution in [3.63, 3.8) is 0 Å². The van der Waals surface area contributed by atoms with E-state index in [1.165, 1.54) is 0 Å². The third-order valence-corrected chi connectivity index (χ3v) is 2.14. The Kier molecular flexibility index (Phi) is 3.12. The van der Waals surface area contributed by atoms with Crippen LogP contribution < -0.4 is 4.74 Å². The maximum Gasteiger partial charge on any atom is 0.131 e. The number of aryl methyl sites for hydroxylation is 1. The van der Waals surface area contributed by atoms with E-state index in [-0.39, 0.29) is 5.75 Å². The summed E-state index contributed by atoms with van der Waals surface area (Å²) in [5.74, 6) is 0.871. The van der Waals surface area contributed by atoms with Crippen LogP contribution in [-0.4, -0.2) is 25.0 Å². The summed E-state index contributed by atoms with van der Waals surface area (Å²) in [6.07, 6.45) is 0. The zero-order valence-electron chi connectivity index (χ0n) is 8.96. The van der Waals surface area contributed by atoms with Crippen LogP contribution in [0.1, 0.15) is 18.1 Å². The Bertz CT molecular complexity index is 370. The van der Waals surface area contributed by atoms with Crippen LogP contribution in [0.25, 0.3) is 0 Å². The fourth-order valence-electron chi connectivity index (χ4n) is 1.37. The highest BCUT2D eigenvalue weighted by atomic mass is 16.5. The van der Waals surface area contributed by atoms with Gasteiger partial charge in [-0.2, -0.15) is 0 Å². The number of ether oxygens (including phenoxy) is 1. The van der Waals surface area contributed by atoms with Gasteiger partial charge < -0.3 is 9.84 Å². The molecule has 0 unspecified atom stereocenters. The predicted octanol–water partition coefficient (Wildman–Crippen LogP) is 2.15. The largest absolute Gasteiger partial charge is 0.507 e.